The van der Waals surface area contributed by atoms with Crippen LogP contribution >= 0.6 is 0 Å². The number of hydrogen-bond donors (Lipinski definition) is 1. The standard InChI is InChI=1S/C22H36N2O/c1-5-7-15-24(16-9-8-10-17-24)20(12-6-2)22(25)23-21-18(3)13-11-14-19(21)4/h11,13-14,20H,5-10,12,15-17H2,1-4H3/p+1/t20-/m0/s1. The van der Waals surface area contributed by atoms with Gasteiger partial charge in [0.1, 0.15) is 0 Å². The summed E-state index contributed by atoms with van der Waals surface area (Å²) in [5.74, 6) is 0.234. The Balaban J connectivity index is 2.26. The molecule has 0 unspecified atom stereocenters. The fourth-order valence-electron chi connectivity index (χ4n) is 4.45. The fraction of sp³-hybridized carbons (Fsp3) is 0.682. The topological polar surface area (TPSA) is 29.1 Å². The van der Waals surface area contributed by atoms with E-state index in [1.165, 1.54) is 45.2 Å². The lowest BCUT2D eigenvalue weighted by molar-refractivity contribution is -0.947. The summed E-state index contributed by atoms with van der Waals surface area (Å²) in [7, 11) is 0. The maximum Gasteiger partial charge on any atom is 0.282 e. The van der Waals surface area contributed by atoms with Crippen LogP contribution in [0, 0.1) is 13.8 Å². The van der Waals surface area contributed by atoms with Gasteiger partial charge in [-0.1, -0.05) is 38.5 Å². The van der Waals surface area contributed by atoms with E-state index in [1.807, 2.05) is 0 Å². The number of anilines is 1. The van der Waals surface area contributed by atoms with Crippen LogP contribution in [0.2, 0.25) is 0 Å². The van der Waals surface area contributed by atoms with Gasteiger partial charge in [0.15, 0.2) is 6.04 Å². The van der Waals surface area contributed by atoms with Crippen molar-refractivity contribution in [2.24, 2.45) is 0 Å². The van der Waals surface area contributed by atoms with E-state index >= 15 is 0 Å². The van der Waals surface area contributed by atoms with Crippen LogP contribution in [0.25, 0.3) is 0 Å². The number of unbranched alkanes of at least 4 members (excludes halogenated alkanes) is 1. The number of para-hydroxylation sites is 1. The lowest BCUT2D eigenvalue weighted by atomic mass is 9.97. The van der Waals surface area contributed by atoms with Crippen LogP contribution in [0.5, 0.6) is 0 Å². The van der Waals surface area contributed by atoms with E-state index in [2.05, 4.69) is 51.2 Å². The monoisotopic (exact) mass is 345 g/mol. The Morgan fingerprint density at radius 1 is 1.08 bits per heavy atom. The van der Waals surface area contributed by atoms with Gasteiger partial charge in [-0.15, -0.1) is 0 Å². The number of benzene rings is 1. The Kier molecular flexibility index (Phi) is 7.49. The third kappa shape index (κ3) is 4.84. The molecular formula is C22H37N2O+. The molecule has 0 bridgehead atoms. The minimum atomic E-state index is 0.0934. The Hall–Kier alpha value is -1.35. The number of aryl methyl sites for hydroxylation is 2. The van der Waals surface area contributed by atoms with Crippen molar-refractivity contribution in [1.82, 2.24) is 0 Å². The van der Waals surface area contributed by atoms with Crippen molar-refractivity contribution in [3.05, 3.63) is 29.3 Å². The molecule has 25 heavy (non-hydrogen) atoms. The van der Waals surface area contributed by atoms with Gasteiger partial charge in [0, 0.05) is 12.1 Å². The number of carbonyl (C=O) groups excluding carboxylic acids is 1. The summed E-state index contributed by atoms with van der Waals surface area (Å²) in [5.41, 5.74) is 3.32. The molecule has 1 aromatic carbocycles. The van der Waals surface area contributed by atoms with Crippen molar-refractivity contribution in [3.63, 3.8) is 0 Å². The minimum absolute atomic E-state index is 0.0934. The number of piperidine rings is 1. The van der Waals surface area contributed by atoms with E-state index in [0.717, 1.165) is 40.7 Å². The molecule has 1 amide bonds. The summed E-state index contributed by atoms with van der Waals surface area (Å²) in [5, 5.41) is 3.31. The van der Waals surface area contributed by atoms with Crippen molar-refractivity contribution < 1.29 is 9.28 Å². The maximum atomic E-state index is 13.3. The van der Waals surface area contributed by atoms with Gasteiger partial charge in [0.2, 0.25) is 0 Å². The Bertz CT molecular complexity index is 541. The first-order chi connectivity index (χ1) is 12.0. The minimum Gasteiger partial charge on any atom is -0.320 e. The van der Waals surface area contributed by atoms with Crippen LogP contribution < -0.4 is 5.32 Å². The Morgan fingerprint density at radius 2 is 1.72 bits per heavy atom. The van der Waals surface area contributed by atoms with Crippen LogP contribution in [0.3, 0.4) is 0 Å². The molecule has 1 heterocycles. The number of nitrogens with one attached hydrogen (secondary N) is 1. The molecule has 0 aliphatic carbocycles. The lowest BCUT2D eigenvalue weighted by Crippen LogP contribution is -2.62. The van der Waals surface area contributed by atoms with Gasteiger partial charge in [0.05, 0.1) is 19.6 Å². The zero-order valence-corrected chi connectivity index (χ0v) is 16.7. The number of likely N-dealkylation sites (tertiary alicyclic amines) is 1. The second kappa shape index (κ2) is 9.38. The van der Waals surface area contributed by atoms with Crippen LogP contribution in [0.4, 0.5) is 5.69 Å². The van der Waals surface area contributed by atoms with E-state index in [0.29, 0.717) is 0 Å². The number of nitrogens with zero attached hydrogens (tertiary/aromatic N) is 1. The van der Waals surface area contributed by atoms with Gasteiger partial charge in [-0.25, -0.2) is 0 Å². The molecule has 3 nitrogen and oxygen atoms in total. The van der Waals surface area contributed by atoms with Crippen molar-refractivity contribution in [2.75, 3.05) is 25.0 Å². The molecule has 1 atom stereocenters. The molecule has 2 rings (SSSR count). The zero-order chi connectivity index (χ0) is 18.3. The zero-order valence-electron chi connectivity index (χ0n) is 16.7. The number of hydrogen-bond acceptors (Lipinski definition) is 1. The van der Waals surface area contributed by atoms with Gasteiger partial charge >= 0.3 is 0 Å². The largest absolute Gasteiger partial charge is 0.320 e. The average Bonchev–Trinajstić information content (AvgIpc) is 2.61. The van der Waals surface area contributed by atoms with Crippen LogP contribution in [0.1, 0.15) is 69.9 Å². The van der Waals surface area contributed by atoms with Gasteiger partial charge < -0.3 is 9.80 Å². The van der Waals surface area contributed by atoms with Crippen LogP contribution in [0.15, 0.2) is 18.2 Å². The predicted molar refractivity (Wildman–Crippen MR) is 107 cm³/mol. The van der Waals surface area contributed by atoms with Crippen LogP contribution in [-0.2, 0) is 4.79 Å². The molecule has 1 fully saturated rings. The van der Waals surface area contributed by atoms with Gasteiger partial charge in [-0.05, 0) is 57.1 Å². The number of amides is 1. The van der Waals surface area contributed by atoms with E-state index in [1.54, 1.807) is 0 Å². The molecule has 1 aromatic rings. The van der Waals surface area contributed by atoms with Crippen LogP contribution in [-0.4, -0.2) is 36.1 Å². The Labute approximate surface area is 154 Å². The van der Waals surface area contributed by atoms with Crippen molar-refractivity contribution in [2.45, 2.75) is 78.7 Å². The second-order valence-electron chi connectivity index (χ2n) is 7.86. The summed E-state index contributed by atoms with van der Waals surface area (Å²) in [6, 6.07) is 6.32. The number of carbonyl (C=O) groups is 1. The molecular weight excluding hydrogens is 308 g/mol. The normalized spacial score (nSPS) is 17.9. The SMILES string of the molecule is CCCC[N+]1([C@@H](CCC)C(=O)Nc2c(C)cccc2C)CCCCC1. The van der Waals surface area contributed by atoms with Crippen molar-refractivity contribution >= 4 is 11.6 Å². The highest BCUT2D eigenvalue weighted by Crippen LogP contribution is 2.29. The molecule has 140 valence electrons. The molecule has 1 aliphatic rings. The van der Waals surface area contributed by atoms with Crippen molar-refractivity contribution in [1.29, 1.82) is 0 Å². The van der Waals surface area contributed by atoms with Gasteiger partial charge in [-0.2, -0.15) is 0 Å². The molecule has 0 spiro atoms. The first-order valence-corrected chi connectivity index (χ1v) is 10.3. The second-order valence-corrected chi connectivity index (χ2v) is 7.86. The highest BCUT2D eigenvalue weighted by molar-refractivity contribution is 5.95. The van der Waals surface area contributed by atoms with E-state index in [4.69, 9.17) is 0 Å². The molecule has 3 heteroatoms. The molecule has 1 N–H and O–H groups in total. The maximum absolute atomic E-state index is 13.3. The predicted octanol–water partition coefficient (Wildman–Crippen LogP) is 5.21. The third-order valence-corrected chi connectivity index (χ3v) is 5.92. The molecule has 0 radical (unpaired) electrons. The van der Waals surface area contributed by atoms with Crippen molar-refractivity contribution in [3.8, 4) is 0 Å². The quantitative estimate of drug-likeness (QED) is 0.644. The Morgan fingerprint density at radius 3 is 2.28 bits per heavy atom. The smallest absolute Gasteiger partial charge is 0.282 e. The van der Waals surface area contributed by atoms with Gasteiger partial charge in [0.25, 0.3) is 5.91 Å². The molecule has 1 aliphatic heterocycles. The first kappa shape index (κ1) is 20.0. The van der Waals surface area contributed by atoms with Gasteiger partial charge in [-0.3, -0.25) is 4.79 Å². The summed E-state index contributed by atoms with van der Waals surface area (Å²) in [6.45, 7) is 12.1. The lowest BCUT2D eigenvalue weighted by Gasteiger charge is -2.46. The fourth-order valence-corrected chi connectivity index (χ4v) is 4.45. The first-order valence-electron chi connectivity index (χ1n) is 10.3. The van der Waals surface area contributed by atoms with E-state index < -0.39 is 0 Å². The number of quaternary nitrogens is 1. The molecule has 0 aromatic heterocycles. The summed E-state index contributed by atoms with van der Waals surface area (Å²) in [4.78, 5) is 13.3. The highest BCUT2D eigenvalue weighted by atomic mass is 16.2. The third-order valence-electron chi connectivity index (χ3n) is 5.92. The van der Waals surface area contributed by atoms with E-state index in [-0.39, 0.29) is 11.9 Å². The average molecular weight is 346 g/mol. The van der Waals surface area contributed by atoms with E-state index in [9.17, 15) is 4.79 Å². The number of rotatable bonds is 8. The summed E-state index contributed by atoms with van der Waals surface area (Å²) < 4.78 is 1.01. The highest BCUT2D eigenvalue weighted by Gasteiger charge is 2.41. The summed E-state index contributed by atoms with van der Waals surface area (Å²) in [6.07, 6.45) is 8.33. The molecule has 1 saturated heterocycles. The molecule has 0 saturated carbocycles. The summed E-state index contributed by atoms with van der Waals surface area (Å²) >= 11 is 0.